The summed E-state index contributed by atoms with van der Waals surface area (Å²) in [6.07, 6.45) is 1.47. The van der Waals surface area contributed by atoms with Crippen LogP contribution in [-0.4, -0.2) is 51.1 Å². The summed E-state index contributed by atoms with van der Waals surface area (Å²) in [4.78, 5) is 13.6. The molecule has 1 aromatic carbocycles. The molecular weight excluding hydrogens is 274 g/mol. The second-order valence-electron chi connectivity index (χ2n) is 5.03. The zero-order valence-corrected chi connectivity index (χ0v) is 13.0. The Balaban J connectivity index is 2.01. The Bertz CT molecular complexity index is 393. The van der Waals surface area contributed by atoms with Crippen molar-refractivity contribution in [3.05, 3.63) is 34.9 Å². The van der Waals surface area contributed by atoms with Crippen molar-refractivity contribution in [3.8, 4) is 0 Å². The molecule has 1 amide bonds. The lowest BCUT2D eigenvalue weighted by Gasteiger charge is -2.10. The number of carbonyl (C=O) groups excluding carboxylic acids is 1. The maximum atomic E-state index is 11.5. The van der Waals surface area contributed by atoms with Gasteiger partial charge in [0.15, 0.2) is 0 Å². The molecule has 0 bridgehead atoms. The molecule has 0 aliphatic rings. The SMILES string of the molecule is CN(C)CCNC(=O)CCNCCc1ccc(Cl)cc1. The third-order valence-corrected chi connectivity index (χ3v) is 3.17. The van der Waals surface area contributed by atoms with E-state index in [1.165, 1.54) is 5.56 Å². The fourth-order valence-electron chi connectivity index (χ4n) is 1.72. The zero-order valence-electron chi connectivity index (χ0n) is 12.3. The van der Waals surface area contributed by atoms with Crippen molar-refractivity contribution in [1.82, 2.24) is 15.5 Å². The third kappa shape index (κ3) is 8.15. The number of benzene rings is 1. The van der Waals surface area contributed by atoms with Gasteiger partial charge in [-0.2, -0.15) is 0 Å². The van der Waals surface area contributed by atoms with Gasteiger partial charge in [-0.15, -0.1) is 0 Å². The zero-order chi connectivity index (χ0) is 14.8. The highest BCUT2D eigenvalue weighted by Crippen LogP contribution is 2.09. The predicted molar refractivity (Wildman–Crippen MR) is 84.2 cm³/mol. The van der Waals surface area contributed by atoms with Gasteiger partial charge in [0.05, 0.1) is 0 Å². The van der Waals surface area contributed by atoms with Crippen LogP contribution in [0, 0.1) is 0 Å². The highest BCUT2D eigenvalue weighted by Gasteiger charge is 2.00. The molecule has 0 aliphatic carbocycles. The Morgan fingerprint density at radius 3 is 2.50 bits per heavy atom. The predicted octanol–water partition coefficient (Wildman–Crippen LogP) is 1.54. The Morgan fingerprint density at radius 1 is 1.15 bits per heavy atom. The number of nitrogens with one attached hydrogen (secondary N) is 2. The standard InChI is InChI=1S/C15H24ClN3O/c1-19(2)12-11-18-15(20)8-10-17-9-7-13-3-5-14(16)6-4-13/h3-6,17H,7-12H2,1-2H3,(H,18,20). The first kappa shape index (κ1) is 17.0. The minimum atomic E-state index is 0.103. The van der Waals surface area contributed by atoms with Crippen LogP contribution in [0.25, 0.3) is 0 Å². The summed E-state index contributed by atoms with van der Waals surface area (Å²) >= 11 is 5.83. The van der Waals surface area contributed by atoms with Crippen molar-refractivity contribution < 1.29 is 4.79 Å². The number of nitrogens with zero attached hydrogens (tertiary/aromatic N) is 1. The average Bonchev–Trinajstić information content (AvgIpc) is 2.40. The third-order valence-electron chi connectivity index (χ3n) is 2.91. The second kappa shape index (κ2) is 9.75. The molecule has 0 saturated carbocycles. The molecule has 4 nitrogen and oxygen atoms in total. The summed E-state index contributed by atoms with van der Waals surface area (Å²) in [6.45, 7) is 3.15. The molecule has 0 spiro atoms. The summed E-state index contributed by atoms with van der Waals surface area (Å²) in [5.74, 6) is 0.103. The smallest absolute Gasteiger partial charge is 0.221 e. The van der Waals surface area contributed by atoms with E-state index in [1.807, 2.05) is 43.3 Å². The van der Waals surface area contributed by atoms with Gasteiger partial charge in [0, 0.05) is 31.1 Å². The minimum Gasteiger partial charge on any atom is -0.355 e. The molecule has 1 aromatic rings. The van der Waals surface area contributed by atoms with E-state index in [4.69, 9.17) is 11.6 Å². The van der Waals surface area contributed by atoms with E-state index in [0.29, 0.717) is 19.5 Å². The van der Waals surface area contributed by atoms with Gasteiger partial charge >= 0.3 is 0 Å². The van der Waals surface area contributed by atoms with Gasteiger partial charge in [0.2, 0.25) is 5.91 Å². The Labute approximate surface area is 126 Å². The molecule has 0 aliphatic heterocycles. The first-order chi connectivity index (χ1) is 9.58. The van der Waals surface area contributed by atoms with Gasteiger partial charge in [-0.05, 0) is 44.8 Å². The van der Waals surface area contributed by atoms with Crippen molar-refractivity contribution in [3.63, 3.8) is 0 Å². The summed E-state index contributed by atoms with van der Waals surface area (Å²) in [7, 11) is 3.98. The molecule has 0 saturated heterocycles. The normalized spacial score (nSPS) is 10.8. The Kier molecular flexibility index (Phi) is 8.26. The average molecular weight is 298 g/mol. The van der Waals surface area contributed by atoms with E-state index >= 15 is 0 Å². The van der Waals surface area contributed by atoms with Gasteiger partial charge in [0.25, 0.3) is 0 Å². The van der Waals surface area contributed by atoms with Crippen molar-refractivity contribution in [2.45, 2.75) is 12.8 Å². The van der Waals surface area contributed by atoms with E-state index in [9.17, 15) is 4.79 Å². The highest BCUT2D eigenvalue weighted by molar-refractivity contribution is 6.30. The maximum absolute atomic E-state index is 11.5. The molecule has 20 heavy (non-hydrogen) atoms. The molecule has 112 valence electrons. The topological polar surface area (TPSA) is 44.4 Å². The summed E-state index contributed by atoms with van der Waals surface area (Å²) in [6, 6.07) is 7.85. The number of hydrogen-bond donors (Lipinski definition) is 2. The van der Waals surface area contributed by atoms with Crippen molar-refractivity contribution in [2.75, 3.05) is 40.3 Å². The second-order valence-corrected chi connectivity index (χ2v) is 5.47. The Hall–Kier alpha value is -1.10. The van der Waals surface area contributed by atoms with E-state index in [2.05, 4.69) is 10.6 Å². The molecule has 0 heterocycles. The summed E-state index contributed by atoms with van der Waals surface area (Å²) in [5, 5.41) is 6.93. The fraction of sp³-hybridized carbons (Fsp3) is 0.533. The molecule has 5 heteroatoms. The van der Waals surface area contributed by atoms with E-state index in [-0.39, 0.29) is 5.91 Å². The molecule has 2 N–H and O–H groups in total. The van der Waals surface area contributed by atoms with E-state index in [0.717, 1.165) is 24.5 Å². The number of rotatable bonds is 9. The number of carbonyl (C=O) groups is 1. The van der Waals surface area contributed by atoms with Gasteiger partial charge in [-0.1, -0.05) is 23.7 Å². The first-order valence-electron chi connectivity index (χ1n) is 6.94. The molecule has 0 fully saturated rings. The van der Waals surface area contributed by atoms with Gasteiger partial charge < -0.3 is 15.5 Å². The molecule has 0 atom stereocenters. The van der Waals surface area contributed by atoms with Crippen LogP contribution >= 0.6 is 11.6 Å². The van der Waals surface area contributed by atoms with Gasteiger partial charge in [-0.25, -0.2) is 0 Å². The number of hydrogen-bond acceptors (Lipinski definition) is 3. The van der Waals surface area contributed by atoms with Gasteiger partial charge in [0.1, 0.15) is 0 Å². The van der Waals surface area contributed by atoms with Crippen molar-refractivity contribution in [1.29, 1.82) is 0 Å². The summed E-state index contributed by atoms with van der Waals surface area (Å²) < 4.78 is 0. The van der Waals surface area contributed by atoms with Crippen LogP contribution in [0.2, 0.25) is 5.02 Å². The molecular formula is C15H24ClN3O. The molecule has 0 radical (unpaired) electrons. The van der Waals surface area contributed by atoms with E-state index < -0.39 is 0 Å². The van der Waals surface area contributed by atoms with Crippen LogP contribution in [-0.2, 0) is 11.2 Å². The quantitative estimate of drug-likeness (QED) is 0.680. The van der Waals surface area contributed by atoms with Crippen molar-refractivity contribution in [2.24, 2.45) is 0 Å². The van der Waals surface area contributed by atoms with Crippen LogP contribution < -0.4 is 10.6 Å². The van der Waals surface area contributed by atoms with Crippen LogP contribution in [0.1, 0.15) is 12.0 Å². The van der Waals surface area contributed by atoms with Crippen LogP contribution in [0.4, 0.5) is 0 Å². The minimum absolute atomic E-state index is 0.103. The molecule has 0 unspecified atom stereocenters. The monoisotopic (exact) mass is 297 g/mol. The fourth-order valence-corrected chi connectivity index (χ4v) is 1.84. The maximum Gasteiger partial charge on any atom is 0.221 e. The van der Waals surface area contributed by atoms with Crippen LogP contribution in [0.3, 0.4) is 0 Å². The number of likely N-dealkylation sites (N-methyl/N-ethyl adjacent to an activating group) is 1. The van der Waals surface area contributed by atoms with Crippen LogP contribution in [0.15, 0.2) is 24.3 Å². The lowest BCUT2D eigenvalue weighted by molar-refractivity contribution is -0.121. The number of amides is 1. The van der Waals surface area contributed by atoms with E-state index in [1.54, 1.807) is 0 Å². The highest BCUT2D eigenvalue weighted by atomic mass is 35.5. The molecule has 0 aromatic heterocycles. The number of halogens is 1. The lowest BCUT2D eigenvalue weighted by atomic mass is 10.1. The largest absolute Gasteiger partial charge is 0.355 e. The molecule has 1 rings (SSSR count). The van der Waals surface area contributed by atoms with Crippen LogP contribution in [0.5, 0.6) is 0 Å². The summed E-state index contributed by atoms with van der Waals surface area (Å²) in [5.41, 5.74) is 1.25. The first-order valence-corrected chi connectivity index (χ1v) is 7.32. The van der Waals surface area contributed by atoms with Crippen molar-refractivity contribution >= 4 is 17.5 Å². The lowest BCUT2D eigenvalue weighted by Crippen LogP contribution is -2.33. The van der Waals surface area contributed by atoms with Gasteiger partial charge in [-0.3, -0.25) is 4.79 Å². The Morgan fingerprint density at radius 2 is 1.85 bits per heavy atom.